The summed E-state index contributed by atoms with van der Waals surface area (Å²) in [6.07, 6.45) is 1.40. The van der Waals surface area contributed by atoms with Crippen LogP contribution in [0.3, 0.4) is 0 Å². The van der Waals surface area contributed by atoms with Crippen molar-refractivity contribution >= 4 is 7.82 Å². The Morgan fingerprint density at radius 1 is 1.38 bits per heavy atom. The molecule has 2 aromatic rings. The van der Waals surface area contributed by atoms with E-state index < -0.39 is 50.2 Å². The molecular weight excluding hydrogens is 411 g/mol. The lowest BCUT2D eigenvalue weighted by atomic mass is 10.1. The van der Waals surface area contributed by atoms with Crippen LogP contribution in [0.2, 0.25) is 0 Å². The molecule has 0 aliphatic carbocycles. The number of phosphoric ester groups is 1. The van der Waals surface area contributed by atoms with Crippen molar-refractivity contribution < 1.29 is 33.5 Å². The molecule has 1 fully saturated rings. The molecule has 4 atom stereocenters. The van der Waals surface area contributed by atoms with Gasteiger partial charge in [0.25, 0.3) is 5.56 Å². The van der Waals surface area contributed by atoms with Crippen LogP contribution in [0.5, 0.6) is 0 Å². The van der Waals surface area contributed by atoms with Crippen LogP contribution < -0.4 is 11.2 Å². The molecule has 1 aliphatic rings. The van der Waals surface area contributed by atoms with Gasteiger partial charge in [-0.3, -0.25) is 18.9 Å². The smallest absolute Gasteiger partial charge is 0.387 e. The van der Waals surface area contributed by atoms with Crippen LogP contribution in [0.15, 0.2) is 34.5 Å². The highest BCUT2D eigenvalue weighted by molar-refractivity contribution is 7.46. The summed E-state index contributed by atoms with van der Waals surface area (Å²) in [6, 6.07) is 0. The maximum atomic E-state index is 12.2. The van der Waals surface area contributed by atoms with Gasteiger partial charge in [-0.2, -0.15) is 0 Å². The van der Waals surface area contributed by atoms with E-state index in [2.05, 4.69) is 14.5 Å². The monoisotopic (exact) mass is 432 g/mol. The molecule has 0 amide bonds. The minimum absolute atomic E-state index is 0.126. The van der Waals surface area contributed by atoms with E-state index in [4.69, 9.17) is 19.3 Å². The van der Waals surface area contributed by atoms with Gasteiger partial charge in [0.15, 0.2) is 6.23 Å². The molecule has 14 heteroatoms. The molecular formula is C15H21N4O9P. The van der Waals surface area contributed by atoms with Crippen LogP contribution in [-0.4, -0.2) is 65.5 Å². The maximum Gasteiger partial charge on any atom is 0.469 e. The number of aliphatic hydroxyl groups is 1. The number of imidazole rings is 1. The van der Waals surface area contributed by atoms with Gasteiger partial charge in [-0.1, -0.05) is 0 Å². The summed E-state index contributed by atoms with van der Waals surface area (Å²) >= 11 is 0. The topological polar surface area (TPSA) is 178 Å². The highest BCUT2D eigenvalue weighted by Crippen LogP contribution is 2.38. The van der Waals surface area contributed by atoms with Gasteiger partial charge in [-0.05, 0) is 6.92 Å². The van der Waals surface area contributed by atoms with Gasteiger partial charge in [-0.25, -0.2) is 14.3 Å². The number of phosphoric acid groups is 1. The maximum absolute atomic E-state index is 12.2. The third-order valence-corrected chi connectivity index (χ3v) is 4.84. The number of nitrogens with one attached hydrogen (secondary N) is 1. The zero-order chi connectivity index (χ0) is 21.2. The zero-order valence-corrected chi connectivity index (χ0v) is 16.2. The van der Waals surface area contributed by atoms with Crippen LogP contribution in [0.1, 0.15) is 11.8 Å². The number of aryl methyl sites for hydroxylation is 1. The minimum atomic E-state index is -4.79. The van der Waals surface area contributed by atoms with Crippen molar-refractivity contribution in [1.29, 1.82) is 0 Å². The van der Waals surface area contributed by atoms with Gasteiger partial charge in [0.1, 0.15) is 18.3 Å². The number of hydrogen-bond donors (Lipinski definition) is 4. The third kappa shape index (κ3) is 5.28. The molecule has 0 spiro atoms. The summed E-state index contributed by atoms with van der Waals surface area (Å²) in [6.45, 7) is 1.39. The normalized spacial score (nSPS) is 24.8. The highest BCUT2D eigenvalue weighted by Gasteiger charge is 2.46. The molecule has 0 aromatic carbocycles. The molecule has 29 heavy (non-hydrogen) atoms. The standard InChI is InChI=1S/C15H21N4O9P/c1-9-6-19(15(22)17-13(9)21)14-12(26-5-4-18-3-2-16-8-18)11(20)10(28-14)7-27-29(23,24)25/h2-3,6,8,10-12,14,20H,4-5,7H2,1H3,(H,17,21,22)(H2,23,24,25)/t10-,11-,12-,14-/m1/s1. The Bertz CT molecular complexity index is 982. The van der Waals surface area contributed by atoms with E-state index in [0.29, 0.717) is 6.54 Å². The molecule has 0 saturated carbocycles. The van der Waals surface area contributed by atoms with Crippen LogP contribution in [0.25, 0.3) is 0 Å². The van der Waals surface area contributed by atoms with Gasteiger partial charge < -0.3 is 28.9 Å². The van der Waals surface area contributed by atoms with E-state index in [1.165, 1.54) is 13.1 Å². The van der Waals surface area contributed by atoms with Crippen molar-refractivity contribution in [3.8, 4) is 0 Å². The van der Waals surface area contributed by atoms with E-state index in [1.54, 1.807) is 23.3 Å². The fourth-order valence-corrected chi connectivity index (χ4v) is 3.26. The second-order valence-corrected chi connectivity index (χ2v) is 7.70. The quantitative estimate of drug-likeness (QED) is 0.359. The first-order valence-electron chi connectivity index (χ1n) is 8.59. The Morgan fingerprint density at radius 2 is 2.14 bits per heavy atom. The summed E-state index contributed by atoms with van der Waals surface area (Å²) in [5.74, 6) is 0. The number of hydrogen-bond acceptors (Lipinski definition) is 8. The summed E-state index contributed by atoms with van der Waals surface area (Å²) in [4.78, 5) is 47.7. The van der Waals surface area contributed by atoms with E-state index in [1.807, 2.05) is 0 Å². The highest BCUT2D eigenvalue weighted by atomic mass is 31.2. The lowest BCUT2D eigenvalue weighted by molar-refractivity contribution is -0.0755. The van der Waals surface area contributed by atoms with Crippen molar-refractivity contribution in [2.75, 3.05) is 13.2 Å². The lowest BCUT2D eigenvalue weighted by Crippen LogP contribution is -2.40. The molecule has 13 nitrogen and oxygen atoms in total. The largest absolute Gasteiger partial charge is 0.469 e. The van der Waals surface area contributed by atoms with E-state index in [0.717, 1.165) is 4.57 Å². The molecule has 0 bridgehead atoms. The molecule has 0 radical (unpaired) electrons. The fourth-order valence-electron chi connectivity index (χ4n) is 2.92. The Morgan fingerprint density at radius 3 is 2.79 bits per heavy atom. The average molecular weight is 432 g/mol. The number of H-pyrrole nitrogens is 1. The molecule has 1 aliphatic heterocycles. The minimum Gasteiger partial charge on any atom is -0.387 e. The first kappa shape index (κ1) is 21.6. The fraction of sp³-hybridized carbons (Fsp3) is 0.533. The first-order chi connectivity index (χ1) is 13.7. The predicted octanol–water partition coefficient (Wildman–Crippen LogP) is -1.51. The average Bonchev–Trinajstić information content (AvgIpc) is 3.25. The molecule has 2 aromatic heterocycles. The first-order valence-corrected chi connectivity index (χ1v) is 10.1. The number of ether oxygens (including phenoxy) is 2. The van der Waals surface area contributed by atoms with Gasteiger partial charge in [0.2, 0.25) is 0 Å². The third-order valence-electron chi connectivity index (χ3n) is 4.36. The summed E-state index contributed by atoms with van der Waals surface area (Å²) in [7, 11) is -4.79. The van der Waals surface area contributed by atoms with Gasteiger partial charge in [0.05, 0.1) is 19.5 Å². The molecule has 0 unspecified atom stereocenters. The number of rotatable bonds is 8. The number of nitrogens with zero attached hydrogens (tertiary/aromatic N) is 3. The van der Waals surface area contributed by atoms with Crippen LogP contribution in [-0.2, 0) is 25.1 Å². The van der Waals surface area contributed by atoms with Crippen molar-refractivity contribution in [3.05, 3.63) is 51.3 Å². The Balaban J connectivity index is 1.81. The van der Waals surface area contributed by atoms with Crippen molar-refractivity contribution in [2.24, 2.45) is 0 Å². The number of aromatic amines is 1. The molecule has 1 saturated heterocycles. The Kier molecular flexibility index (Phi) is 6.49. The predicted molar refractivity (Wildman–Crippen MR) is 95.9 cm³/mol. The second kappa shape index (κ2) is 8.71. The lowest BCUT2D eigenvalue weighted by Gasteiger charge is -2.22. The van der Waals surface area contributed by atoms with Crippen molar-refractivity contribution in [3.63, 3.8) is 0 Å². The molecule has 4 N–H and O–H groups in total. The zero-order valence-electron chi connectivity index (χ0n) is 15.3. The molecule has 160 valence electrons. The molecule has 3 rings (SSSR count). The van der Waals surface area contributed by atoms with Gasteiger partial charge in [0, 0.05) is 30.7 Å². The Hall–Kier alpha value is -2.12. The summed E-state index contributed by atoms with van der Waals surface area (Å²) in [5, 5.41) is 10.6. The van der Waals surface area contributed by atoms with E-state index in [9.17, 15) is 19.3 Å². The van der Waals surface area contributed by atoms with Crippen LogP contribution in [0, 0.1) is 6.92 Å². The van der Waals surface area contributed by atoms with E-state index in [-0.39, 0.29) is 12.2 Å². The van der Waals surface area contributed by atoms with Crippen molar-refractivity contribution in [1.82, 2.24) is 19.1 Å². The summed E-state index contributed by atoms with van der Waals surface area (Å²) in [5.41, 5.74) is -1.11. The van der Waals surface area contributed by atoms with Crippen LogP contribution >= 0.6 is 7.82 Å². The SMILES string of the molecule is Cc1cn([C@@H]2O[C@H](COP(=O)(O)O)[C@@H](O)[C@H]2OCCn2ccnc2)c(=O)[nH]c1=O. The summed E-state index contributed by atoms with van der Waals surface area (Å²) < 4.78 is 29.5. The Labute approximate surface area is 163 Å². The molecule has 3 heterocycles. The second-order valence-electron chi connectivity index (χ2n) is 6.46. The number of aliphatic hydroxyl groups excluding tert-OH is 1. The van der Waals surface area contributed by atoms with Crippen LogP contribution in [0.4, 0.5) is 0 Å². The van der Waals surface area contributed by atoms with E-state index >= 15 is 0 Å². The number of aromatic nitrogens is 4. The van der Waals surface area contributed by atoms with Gasteiger partial charge >= 0.3 is 13.5 Å². The van der Waals surface area contributed by atoms with Gasteiger partial charge in [-0.15, -0.1) is 0 Å². The van der Waals surface area contributed by atoms with Crippen molar-refractivity contribution in [2.45, 2.75) is 38.0 Å².